The Hall–Kier alpha value is -0.865. The fourth-order valence-corrected chi connectivity index (χ4v) is 2.10. The lowest BCUT2D eigenvalue weighted by Gasteiger charge is -2.32. The van der Waals surface area contributed by atoms with Crippen LogP contribution in [-0.4, -0.2) is 23.3 Å². The fraction of sp³-hybridized carbons (Fsp3) is 0.667. The first-order valence-corrected chi connectivity index (χ1v) is 7.08. The second kappa shape index (κ2) is 4.91. The highest BCUT2D eigenvalue weighted by Gasteiger charge is 2.52. The van der Waals surface area contributed by atoms with Crippen LogP contribution in [0.4, 0.5) is 0 Å². The van der Waals surface area contributed by atoms with Gasteiger partial charge in [0.2, 0.25) is 0 Å². The summed E-state index contributed by atoms with van der Waals surface area (Å²) < 4.78 is 12.1. The van der Waals surface area contributed by atoms with Crippen LogP contribution < -0.4 is 5.59 Å². The van der Waals surface area contributed by atoms with Crippen molar-refractivity contribution in [3.8, 4) is 0 Å². The first-order chi connectivity index (χ1) is 8.77. The number of nitrogens with zero attached hydrogens (tertiary/aromatic N) is 1. The van der Waals surface area contributed by atoms with Crippen LogP contribution in [0.5, 0.6) is 0 Å². The lowest BCUT2D eigenvalue weighted by molar-refractivity contribution is 0.00578. The zero-order valence-corrected chi connectivity index (χ0v) is 12.9. The SMILES string of the molecule is CCC(C)c1ccnc(B2OC(C)(C)C(C)(C)O2)c1. The van der Waals surface area contributed by atoms with E-state index in [1.54, 1.807) is 0 Å². The van der Waals surface area contributed by atoms with E-state index in [-0.39, 0.29) is 18.3 Å². The minimum Gasteiger partial charge on any atom is -0.398 e. The quantitative estimate of drug-likeness (QED) is 0.784. The van der Waals surface area contributed by atoms with E-state index in [1.807, 2.05) is 6.20 Å². The van der Waals surface area contributed by atoms with Crippen molar-refractivity contribution in [3.05, 3.63) is 23.9 Å². The topological polar surface area (TPSA) is 31.4 Å². The third-order valence-electron chi connectivity index (χ3n) is 4.48. The van der Waals surface area contributed by atoms with E-state index in [0.717, 1.165) is 12.0 Å². The minimum absolute atomic E-state index is 0.314. The zero-order valence-electron chi connectivity index (χ0n) is 12.9. The summed E-state index contributed by atoms with van der Waals surface area (Å²) in [5.74, 6) is 0.532. The third kappa shape index (κ3) is 2.70. The van der Waals surface area contributed by atoms with Gasteiger partial charge in [-0.05, 0) is 57.7 Å². The van der Waals surface area contributed by atoms with Gasteiger partial charge in [-0.3, -0.25) is 4.98 Å². The Bertz CT molecular complexity index is 443. The Labute approximate surface area is 116 Å². The van der Waals surface area contributed by atoms with Crippen LogP contribution >= 0.6 is 0 Å². The van der Waals surface area contributed by atoms with Crippen molar-refractivity contribution in [2.45, 2.75) is 65.1 Å². The number of hydrogen-bond donors (Lipinski definition) is 0. The van der Waals surface area contributed by atoms with Crippen molar-refractivity contribution in [2.75, 3.05) is 0 Å². The molecule has 2 rings (SSSR count). The van der Waals surface area contributed by atoms with Gasteiger partial charge >= 0.3 is 7.12 Å². The molecule has 0 saturated carbocycles. The molecule has 1 aliphatic rings. The predicted molar refractivity (Wildman–Crippen MR) is 78.7 cm³/mol. The van der Waals surface area contributed by atoms with Crippen LogP contribution in [0.2, 0.25) is 0 Å². The van der Waals surface area contributed by atoms with Crippen LogP contribution in [0.15, 0.2) is 18.3 Å². The van der Waals surface area contributed by atoms with Gasteiger partial charge in [0.25, 0.3) is 0 Å². The van der Waals surface area contributed by atoms with Gasteiger partial charge in [0, 0.05) is 6.20 Å². The van der Waals surface area contributed by atoms with Crippen molar-refractivity contribution in [3.63, 3.8) is 0 Å². The molecular formula is C15H24BNO2. The van der Waals surface area contributed by atoms with Gasteiger partial charge in [0.15, 0.2) is 0 Å². The first-order valence-electron chi connectivity index (χ1n) is 7.08. The van der Waals surface area contributed by atoms with Crippen LogP contribution in [0.3, 0.4) is 0 Å². The Balaban J connectivity index is 2.25. The van der Waals surface area contributed by atoms with E-state index in [1.165, 1.54) is 5.56 Å². The van der Waals surface area contributed by atoms with Crippen molar-refractivity contribution < 1.29 is 9.31 Å². The Morgan fingerprint density at radius 2 is 1.79 bits per heavy atom. The molecule has 1 aromatic heterocycles. The van der Waals surface area contributed by atoms with Gasteiger partial charge in [0.05, 0.1) is 16.8 Å². The highest BCUT2D eigenvalue weighted by molar-refractivity contribution is 6.61. The van der Waals surface area contributed by atoms with E-state index in [9.17, 15) is 0 Å². The predicted octanol–water partition coefficient (Wildman–Crippen LogP) is 2.89. The molecule has 0 spiro atoms. The number of hydrogen-bond acceptors (Lipinski definition) is 3. The van der Waals surface area contributed by atoms with Crippen LogP contribution in [0.1, 0.15) is 59.4 Å². The molecule has 3 nitrogen and oxygen atoms in total. The summed E-state index contributed by atoms with van der Waals surface area (Å²) in [6, 6.07) is 4.18. The molecule has 1 fully saturated rings. The van der Waals surface area contributed by atoms with Gasteiger partial charge in [-0.15, -0.1) is 0 Å². The average molecular weight is 261 g/mol. The summed E-state index contributed by atoms with van der Waals surface area (Å²) >= 11 is 0. The van der Waals surface area contributed by atoms with E-state index < -0.39 is 0 Å². The van der Waals surface area contributed by atoms with Gasteiger partial charge in [-0.2, -0.15) is 0 Å². The molecule has 104 valence electrons. The van der Waals surface area contributed by atoms with Crippen molar-refractivity contribution in [1.82, 2.24) is 4.98 Å². The number of rotatable bonds is 3. The molecule has 1 unspecified atom stereocenters. The molecule has 0 aromatic carbocycles. The molecule has 0 radical (unpaired) electrons. The largest absolute Gasteiger partial charge is 0.514 e. The molecule has 4 heteroatoms. The zero-order chi connectivity index (χ0) is 14.3. The summed E-state index contributed by atoms with van der Waals surface area (Å²) in [5.41, 5.74) is 1.54. The van der Waals surface area contributed by atoms with Crippen LogP contribution in [-0.2, 0) is 9.31 Å². The Morgan fingerprint density at radius 3 is 2.32 bits per heavy atom. The average Bonchev–Trinajstić information content (AvgIpc) is 2.58. The standard InChI is InChI=1S/C15H24BNO2/c1-7-11(2)12-8-9-17-13(10-12)16-18-14(3,4)15(5,6)19-16/h8-11H,7H2,1-6H3. The molecule has 1 aliphatic heterocycles. The van der Waals surface area contributed by atoms with Gasteiger partial charge in [-0.25, -0.2) is 0 Å². The van der Waals surface area contributed by atoms with Crippen molar-refractivity contribution in [1.29, 1.82) is 0 Å². The van der Waals surface area contributed by atoms with Crippen LogP contribution in [0.25, 0.3) is 0 Å². The van der Waals surface area contributed by atoms with E-state index in [0.29, 0.717) is 5.92 Å². The lowest BCUT2D eigenvalue weighted by Crippen LogP contribution is -2.41. The second-order valence-corrected chi connectivity index (χ2v) is 6.41. The first kappa shape index (κ1) is 14.5. The maximum atomic E-state index is 6.03. The Morgan fingerprint density at radius 1 is 1.21 bits per heavy atom. The molecule has 1 atom stereocenters. The molecule has 0 amide bonds. The summed E-state index contributed by atoms with van der Waals surface area (Å²) in [5, 5.41) is 0. The van der Waals surface area contributed by atoms with Crippen LogP contribution in [0, 0.1) is 0 Å². The fourth-order valence-electron chi connectivity index (χ4n) is 2.10. The number of pyridine rings is 1. The minimum atomic E-state index is -0.367. The third-order valence-corrected chi connectivity index (χ3v) is 4.48. The smallest absolute Gasteiger partial charge is 0.398 e. The molecule has 0 N–H and O–H groups in total. The van der Waals surface area contributed by atoms with E-state index in [4.69, 9.17) is 9.31 Å². The van der Waals surface area contributed by atoms with Gasteiger partial charge in [-0.1, -0.05) is 13.8 Å². The monoisotopic (exact) mass is 261 g/mol. The molecule has 1 saturated heterocycles. The normalized spacial score (nSPS) is 22.5. The summed E-state index contributed by atoms with van der Waals surface area (Å²) in [6.07, 6.45) is 2.97. The summed E-state index contributed by atoms with van der Waals surface area (Å²) in [4.78, 5) is 4.42. The maximum Gasteiger partial charge on any atom is 0.514 e. The lowest BCUT2D eigenvalue weighted by atomic mass is 9.82. The molecule has 19 heavy (non-hydrogen) atoms. The van der Waals surface area contributed by atoms with Crippen molar-refractivity contribution >= 4 is 12.7 Å². The highest BCUT2D eigenvalue weighted by Crippen LogP contribution is 2.36. The molecule has 1 aromatic rings. The van der Waals surface area contributed by atoms with Gasteiger partial charge < -0.3 is 9.31 Å². The maximum absolute atomic E-state index is 6.03. The molecular weight excluding hydrogens is 237 g/mol. The number of aromatic nitrogens is 1. The molecule has 0 bridgehead atoms. The highest BCUT2D eigenvalue weighted by atomic mass is 16.7. The molecule has 2 heterocycles. The van der Waals surface area contributed by atoms with Crippen molar-refractivity contribution in [2.24, 2.45) is 0 Å². The summed E-state index contributed by atoms with van der Waals surface area (Å²) in [6.45, 7) is 12.7. The van der Waals surface area contributed by atoms with Gasteiger partial charge in [0.1, 0.15) is 0 Å². The van der Waals surface area contributed by atoms with E-state index in [2.05, 4.69) is 58.7 Å². The molecule has 0 aliphatic carbocycles. The van der Waals surface area contributed by atoms with E-state index >= 15 is 0 Å². The summed E-state index contributed by atoms with van der Waals surface area (Å²) in [7, 11) is -0.367. The second-order valence-electron chi connectivity index (χ2n) is 6.41. The Kier molecular flexibility index (Phi) is 3.76.